The molecule has 21 heavy (non-hydrogen) atoms. The number of nitrogens with one attached hydrogen (secondary N) is 1. The van der Waals surface area contributed by atoms with Gasteiger partial charge in [0.2, 0.25) is 5.88 Å². The van der Waals surface area contributed by atoms with Crippen molar-refractivity contribution in [1.82, 2.24) is 15.2 Å². The topological polar surface area (TPSA) is 63.7 Å². The minimum Gasteiger partial charge on any atom is -0.481 e. The maximum absolute atomic E-state index is 12.2. The second-order valence-electron chi connectivity index (χ2n) is 5.10. The number of aromatic nitrogens is 1. The van der Waals surface area contributed by atoms with Gasteiger partial charge in [-0.25, -0.2) is 9.78 Å². The molecule has 2 amide bonds. The molecule has 0 radical (unpaired) electrons. The molecule has 1 saturated heterocycles. The average Bonchev–Trinajstić information content (AvgIpc) is 3.03. The summed E-state index contributed by atoms with van der Waals surface area (Å²) in [6.45, 7) is 5.38. The minimum absolute atomic E-state index is 0.0599. The molecular formula is C15H23N3O3. The summed E-state index contributed by atoms with van der Waals surface area (Å²) in [6.07, 6.45) is 2.70. The lowest BCUT2D eigenvalue weighted by Crippen LogP contribution is -2.42. The maximum Gasteiger partial charge on any atom is 0.317 e. The number of rotatable bonds is 6. The van der Waals surface area contributed by atoms with E-state index in [2.05, 4.69) is 10.3 Å². The van der Waals surface area contributed by atoms with E-state index in [0.29, 0.717) is 24.9 Å². The van der Waals surface area contributed by atoms with E-state index in [1.807, 2.05) is 24.0 Å². The molecule has 1 fully saturated rings. The fourth-order valence-corrected chi connectivity index (χ4v) is 2.42. The quantitative estimate of drug-likeness (QED) is 0.866. The third-order valence-corrected chi connectivity index (χ3v) is 3.64. The zero-order chi connectivity index (χ0) is 15.1. The highest BCUT2D eigenvalue weighted by Gasteiger charge is 2.21. The second-order valence-corrected chi connectivity index (χ2v) is 5.10. The van der Waals surface area contributed by atoms with Gasteiger partial charge in [-0.15, -0.1) is 0 Å². The van der Waals surface area contributed by atoms with Gasteiger partial charge in [-0.05, 0) is 19.4 Å². The Bertz CT molecular complexity index is 461. The molecule has 116 valence electrons. The van der Waals surface area contributed by atoms with E-state index >= 15 is 0 Å². The number of pyridine rings is 1. The van der Waals surface area contributed by atoms with Crippen LogP contribution in [-0.4, -0.2) is 49.3 Å². The predicted octanol–water partition coefficient (Wildman–Crippen LogP) is 1.66. The molecule has 0 aromatic carbocycles. The van der Waals surface area contributed by atoms with Crippen molar-refractivity contribution in [3.63, 3.8) is 0 Å². The number of nitrogens with zero attached hydrogens (tertiary/aromatic N) is 2. The lowest BCUT2D eigenvalue weighted by Gasteiger charge is -2.24. The van der Waals surface area contributed by atoms with Crippen molar-refractivity contribution < 1.29 is 14.3 Å². The summed E-state index contributed by atoms with van der Waals surface area (Å²) in [5.41, 5.74) is 0.869. The smallest absolute Gasteiger partial charge is 0.317 e. The SMILES string of the molecule is CCN(CC1CCOC1)C(=O)NCc1cccnc1OC. The van der Waals surface area contributed by atoms with Crippen LogP contribution in [0.5, 0.6) is 5.88 Å². The lowest BCUT2D eigenvalue weighted by molar-refractivity contribution is 0.166. The van der Waals surface area contributed by atoms with E-state index in [-0.39, 0.29) is 6.03 Å². The van der Waals surface area contributed by atoms with Crippen molar-refractivity contribution in [3.8, 4) is 5.88 Å². The molecule has 1 aromatic heterocycles. The van der Waals surface area contributed by atoms with Crippen LogP contribution in [0.2, 0.25) is 0 Å². The first kappa shape index (κ1) is 15.6. The molecule has 0 spiro atoms. The molecule has 0 saturated carbocycles. The van der Waals surface area contributed by atoms with Crippen molar-refractivity contribution in [2.45, 2.75) is 19.9 Å². The van der Waals surface area contributed by atoms with E-state index in [1.165, 1.54) is 0 Å². The van der Waals surface area contributed by atoms with E-state index in [4.69, 9.17) is 9.47 Å². The largest absolute Gasteiger partial charge is 0.481 e. The molecule has 0 bridgehead atoms. The maximum atomic E-state index is 12.2. The van der Waals surface area contributed by atoms with Crippen LogP contribution in [0.1, 0.15) is 18.9 Å². The summed E-state index contributed by atoms with van der Waals surface area (Å²) in [6, 6.07) is 3.67. The van der Waals surface area contributed by atoms with Crippen LogP contribution in [0.15, 0.2) is 18.3 Å². The Morgan fingerprint density at radius 2 is 2.48 bits per heavy atom. The highest BCUT2D eigenvalue weighted by atomic mass is 16.5. The highest BCUT2D eigenvalue weighted by Crippen LogP contribution is 2.15. The normalized spacial score (nSPS) is 17.5. The van der Waals surface area contributed by atoms with Gasteiger partial charge in [0.05, 0.1) is 13.7 Å². The van der Waals surface area contributed by atoms with Gasteiger partial charge in [-0.2, -0.15) is 0 Å². The Hall–Kier alpha value is -1.82. The predicted molar refractivity (Wildman–Crippen MR) is 79.2 cm³/mol. The van der Waals surface area contributed by atoms with Gasteiger partial charge in [-0.3, -0.25) is 0 Å². The average molecular weight is 293 g/mol. The van der Waals surface area contributed by atoms with E-state index in [9.17, 15) is 4.79 Å². The van der Waals surface area contributed by atoms with Crippen LogP contribution < -0.4 is 10.1 Å². The number of carbonyl (C=O) groups is 1. The summed E-state index contributed by atoms with van der Waals surface area (Å²) in [5, 5.41) is 2.92. The Balaban J connectivity index is 1.86. The van der Waals surface area contributed by atoms with Crippen molar-refractivity contribution >= 4 is 6.03 Å². The zero-order valence-electron chi connectivity index (χ0n) is 12.7. The summed E-state index contributed by atoms with van der Waals surface area (Å²) in [7, 11) is 1.58. The Labute approximate surface area is 125 Å². The number of methoxy groups -OCH3 is 1. The summed E-state index contributed by atoms with van der Waals surface area (Å²) < 4.78 is 10.5. The van der Waals surface area contributed by atoms with Crippen LogP contribution in [-0.2, 0) is 11.3 Å². The van der Waals surface area contributed by atoms with E-state index in [1.54, 1.807) is 13.3 Å². The number of amides is 2. The molecule has 6 heteroatoms. The molecule has 1 unspecified atom stereocenters. The van der Waals surface area contributed by atoms with Gasteiger partial charge in [0.25, 0.3) is 0 Å². The lowest BCUT2D eigenvalue weighted by atomic mass is 10.1. The molecule has 1 aliphatic heterocycles. The first-order chi connectivity index (χ1) is 10.2. The van der Waals surface area contributed by atoms with Gasteiger partial charge in [0.15, 0.2) is 0 Å². The molecule has 0 aliphatic carbocycles. The number of ether oxygens (including phenoxy) is 2. The van der Waals surface area contributed by atoms with Crippen LogP contribution in [0.3, 0.4) is 0 Å². The zero-order valence-corrected chi connectivity index (χ0v) is 12.7. The monoisotopic (exact) mass is 293 g/mol. The molecular weight excluding hydrogens is 270 g/mol. The molecule has 2 rings (SSSR count). The van der Waals surface area contributed by atoms with E-state index < -0.39 is 0 Å². The standard InChI is InChI=1S/C15H23N3O3/c1-3-18(10-12-6-8-21-11-12)15(19)17-9-13-5-4-7-16-14(13)20-2/h4-5,7,12H,3,6,8-11H2,1-2H3,(H,17,19). The number of carbonyl (C=O) groups excluding carboxylic acids is 1. The Morgan fingerprint density at radius 1 is 1.62 bits per heavy atom. The van der Waals surface area contributed by atoms with Crippen molar-refractivity contribution in [2.24, 2.45) is 5.92 Å². The molecule has 1 aromatic rings. The number of urea groups is 1. The van der Waals surface area contributed by atoms with Crippen LogP contribution in [0.4, 0.5) is 4.79 Å². The number of hydrogen-bond donors (Lipinski definition) is 1. The van der Waals surface area contributed by atoms with Gasteiger partial charge in [-0.1, -0.05) is 6.07 Å². The summed E-state index contributed by atoms with van der Waals surface area (Å²) in [4.78, 5) is 18.2. The first-order valence-electron chi connectivity index (χ1n) is 7.33. The third-order valence-electron chi connectivity index (χ3n) is 3.64. The molecule has 6 nitrogen and oxygen atoms in total. The van der Waals surface area contributed by atoms with Crippen LogP contribution in [0.25, 0.3) is 0 Å². The van der Waals surface area contributed by atoms with Gasteiger partial charge >= 0.3 is 6.03 Å². The van der Waals surface area contributed by atoms with Gasteiger partial charge < -0.3 is 19.7 Å². The summed E-state index contributed by atoms with van der Waals surface area (Å²) in [5.74, 6) is 0.994. The third kappa shape index (κ3) is 4.32. The van der Waals surface area contributed by atoms with Crippen molar-refractivity contribution in [1.29, 1.82) is 0 Å². The molecule has 1 N–H and O–H groups in total. The van der Waals surface area contributed by atoms with Crippen LogP contribution in [0, 0.1) is 5.92 Å². The first-order valence-corrected chi connectivity index (χ1v) is 7.33. The van der Waals surface area contributed by atoms with Gasteiger partial charge in [0.1, 0.15) is 0 Å². The number of hydrogen-bond acceptors (Lipinski definition) is 4. The molecule has 1 atom stereocenters. The fraction of sp³-hybridized carbons (Fsp3) is 0.600. The van der Waals surface area contributed by atoms with E-state index in [0.717, 1.165) is 31.7 Å². The Morgan fingerprint density at radius 3 is 3.14 bits per heavy atom. The Kier molecular flexibility index (Phi) is 5.80. The molecule has 1 aliphatic rings. The van der Waals surface area contributed by atoms with Crippen molar-refractivity contribution in [2.75, 3.05) is 33.4 Å². The fourth-order valence-electron chi connectivity index (χ4n) is 2.42. The second kappa shape index (κ2) is 7.83. The highest BCUT2D eigenvalue weighted by molar-refractivity contribution is 5.74. The van der Waals surface area contributed by atoms with Crippen LogP contribution >= 0.6 is 0 Å². The van der Waals surface area contributed by atoms with Crippen molar-refractivity contribution in [3.05, 3.63) is 23.9 Å². The summed E-state index contributed by atoms with van der Waals surface area (Å²) >= 11 is 0. The van der Waals surface area contributed by atoms with Gasteiger partial charge in [0, 0.05) is 43.9 Å². The minimum atomic E-state index is -0.0599. The molecule has 2 heterocycles.